The Labute approximate surface area is 95.6 Å². The Hall–Kier alpha value is -1.42. The van der Waals surface area contributed by atoms with E-state index in [1.807, 2.05) is 28.8 Å². The number of hydrogen-bond acceptors (Lipinski definition) is 2. The minimum Gasteiger partial charge on any atom is -0.295 e. The van der Waals surface area contributed by atoms with Crippen molar-refractivity contribution in [3.8, 4) is 0 Å². The molecule has 0 amide bonds. The molecule has 0 unspecified atom stereocenters. The van der Waals surface area contributed by atoms with E-state index >= 15 is 0 Å². The summed E-state index contributed by atoms with van der Waals surface area (Å²) in [7, 11) is 0. The predicted molar refractivity (Wildman–Crippen MR) is 62.6 cm³/mol. The maximum Gasteiger partial charge on any atom is 0.152 e. The number of rotatable bonds is 2. The van der Waals surface area contributed by atoms with E-state index in [-0.39, 0.29) is 5.78 Å². The van der Waals surface area contributed by atoms with Gasteiger partial charge in [0.25, 0.3) is 0 Å². The molecule has 0 N–H and O–H groups in total. The Morgan fingerprint density at radius 3 is 3.00 bits per heavy atom. The molecule has 0 atom stereocenters. The molecule has 0 aliphatic rings. The number of pyridine rings is 1. The van der Waals surface area contributed by atoms with Crippen LogP contribution in [0.2, 0.25) is 0 Å². The molecule has 76 valence electrons. The molecule has 0 bridgehead atoms. The van der Waals surface area contributed by atoms with Crippen LogP contribution in [0.1, 0.15) is 12.6 Å². The first-order valence-corrected chi connectivity index (χ1v) is 5.28. The van der Waals surface area contributed by atoms with E-state index < -0.39 is 0 Å². The van der Waals surface area contributed by atoms with Gasteiger partial charge in [0.15, 0.2) is 5.78 Å². The lowest BCUT2D eigenvalue weighted by Gasteiger charge is -1.93. The third-order valence-electron chi connectivity index (χ3n) is 1.95. The van der Waals surface area contributed by atoms with Crippen molar-refractivity contribution >= 4 is 33.4 Å². The Balaban J connectivity index is 2.48. The molecule has 0 saturated carbocycles. The zero-order chi connectivity index (χ0) is 10.8. The van der Waals surface area contributed by atoms with Crippen molar-refractivity contribution in [2.75, 3.05) is 0 Å². The van der Waals surface area contributed by atoms with Crippen molar-refractivity contribution in [3.63, 3.8) is 0 Å². The highest BCUT2D eigenvalue weighted by Gasteiger charge is 2.00. The maximum atomic E-state index is 10.8. The number of fused-ring (bicyclic) bond motifs is 1. The molecule has 0 aliphatic carbocycles. The molecular weight excluding hydrogens is 256 g/mol. The highest BCUT2D eigenvalue weighted by atomic mass is 79.9. The van der Waals surface area contributed by atoms with Crippen molar-refractivity contribution in [2.24, 2.45) is 0 Å². The molecule has 3 nitrogen and oxygen atoms in total. The van der Waals surface area contributed by atoms with Crippen LogP contribution >= 0.6 is 15.9 Å². The number of ketones is 1. The van der Waals surface area contributed by atoms with E-state index in [2.05, 4.69) is 20.9 Å². The molecule has 0 saturated heterocycles. The van der Waals surface area contributed by atoms with Crippen LogP contribution in [0.5, 0.6) is 0 Å². The van der Waals surface area contributed by atoms with E-state index in [9.17, 15) is 4.79 Å². The first-order valence-electron chi connectivity index (χ1n) is 4.49. The summed E-state index contributed by atoms with van der Waals surface area (Å²) >= 11 is 3.42. The zero-order valence-electron chi connectivity index (χ0n) is 8.14. The van der Waals surface area contributed by atoms with Crippen molar-refractivity contribution in [1.29, 1.82) is 0 Å². The molecule has 15 heavy (non-hydrogen) atoms. The standard InChI is InChI=1S/C11H9BrN2O/c1-8(15)5-6-9-7-14-10(12)3-2-4-11(14)13-9/h2-7H,1H3/b6-5+. The molecular formula is C11H9BrN2O. The van der Waals surface area contributed by atoms with Crippen LogP contribution < -0.4 is 0 Å². The average molecular weight is 265 g/mol. The number of allylic oxidation sites excluding steroid dienone is 1. The van der Waals surface area contributed by atoms with Gasteiger partial charge in [-0.1, -0.05) is 6.07 Å². The lowest BCUT2D eigenvalue weighted by Crippen LogP contribution is -1.82. The first kappa shape index (κ1) is 10.1. The zero-order valence-corrected chi connectivity index (χ0v) is 9.73. The normalized spacial score (nSPS) is 11.3. The molecule has 0 fully saturated rings. The second-order valence-electron chi connectivity index (χ2n) is 3.19. The molecule has 2 aromatic heterocycles. The summed E-state index contributed by atoms with van der Waals surface area (Å²) < 4.78 is 2.86. The monoisotopic (exact) mass is 264 g/mol. The van der Waals surface area contributed by atoms with Gasteiger partial charge in [0.2, 0.25) is 0 Å². The summed E-state index contributed by atoms with van der Waals surface area (Å²) in [5, 5.41) is 0. The molecule has 0 spiro atoms. The minimum absolute atomic E-state index is 0.0196. The molecule has 0 radical (unpaired) electrons. The lowest BCUT2D eigenvalue weighted by atomic mass is 10.3. The number of halogens is 1. The highest BCUT2D eigenvalue weighted by molar-refractivity contribution is 9.10. The Bertz CT molecular complexity index is 543. The molecule has 4 heteroatoms. The molecule has 0 aromatic carbocycles. The van der Waals surface area contributed by atoms with Crippen molar-refractivity contribution in [3.05, 3.63) is 40.8 Å². The summed E-state index contributed by atoms with van der Waals surface area (Å²) in [6.45, 7) is 1.52. The van der Waals surface area contributed by atoms with Gasteiger partial charge in [-0.25, -0.2) is 4.98 Å². The van der Waals surface area contributed by atoms with Crippen molar-refractivity contribution in [1.82, 2.24) is 9.38 Å². The first-order chi connectivity index (χ1) is 7.16. The van der Waals surface area contributed by atoms with Gasteiger partial charge >= 0.3 is 0 Å². The number of carbonyl (C=O) groups is 1. The fraction of sp³-hybridized carbons (Fsp3) is 0.0909. The van der Waals surface area contributed by atoms with Gasteiger partial charge in [0, 0.05) is 6.20 Å². The third-order valence-corrected chi connectivity index (χ3v) is 2.60. The maximum absolute atomic E-state index is 10.8. The van der Waals surface area contributed by atoms with E-state index in [0.29, 0.717) is 0 Å². The largest absolute Gasteiger partial charge is 0.295 e. The number of nitrogens with zero attached hydrogens (tertiary/aromatic N) is 2. The van der Waals surface area contributed by atoms with Gasteiger partial charge in [0.1, 0.15) is 5.65 Å². The van der Waals surface area contributed by atoms with Crippen LogP contribution in [0, 0.1) is 0 Å². The van der Waals surface area contributed by atoms with Crippen LogP contribution in [0.25, 0.3) is 11.7 Å². The van der Waals surface area contributed by atoms with Crippen LogP contribution in [-0.2, 0) is 4.79 Å². The summed E-state index contributed by atoms with van der Waals surface area (Å²) in [6, 6.07) is 5.77. The summed E-state index contributed by atoms with van der Waals surface area (Å²) in [4.78, 5) is 15.1. The summed E-state index contributed by atoms with van der Waals surface area (Å²) in [6.07, 6.45) is 5.09. The number of carbonyl (C=O) groups excluding carboxylic acids is 1. The molecule has 2 rings (SSSR count). The average Bonchev–Trinajstić information content (AvgIpc) is 2.59. The van der Waals surface area contributed by atoms with Gasteiger partial charge in [0.05, 0.1) is 10.3 Å². The van der Waals surface area contributed by atoms with E-state index in [4.69, 9.17) is 0 Å². The Kier molecular flexibility index (Phi) is 2.68. The predicted octanol–water partition coefficient (Wildman–Crippen LogP) is 2.70. The number of aromatic nitrogens is 2. The third kappa shape index (κ3) is 2.15. The second-order valence-corrected chi connectivity index (χ2v) is 4.00. The number of imidazole rings is 1. The fourth-order valence-corrected chi connectivity index (χ4v) is 1.72. The van der Waals surface area contributed by atoms with Gasteiger partial charge < -0.3 is 0 Å². The number of hydrogen-bond donors (Lipinski definition) is 0. The van der Waals surface area contributed by atoms with Crippen LogP contribution in [0.3, 0.4) is 0 Å². The Morgan fingerprint density at radius 1 is 1.53 bits per heavy atom. The van der Waals surface area contributed by atoms with Gasteiger partial charge in [-0.3, -0.25) is 9.20 Å². The van der Waals surface area contributed by atoms with Crippen LogP contribution in [0.4, 0.5) is 0 Å². The minimum atomic E-state index is 0.0196. The van der Waals surface area contributed by atoms with E-state index in [0.717, 1.165) is 15.9 Å². The van der Waals surface area contributed by atoms with Crippen LogP contribution in [-0.4, -0.2) is 15.2 Å². The summed E-state index contributed by atoms with van der Waals surface area (Å²) in [5.41, 5.74) is 1.63. The molecule has 2 aromatic rings. The highest BCUT2D eigenvalue weighted by Crippen LogP contribution is 2.14. The van der Waals surface area contributed by atoms with E-state index in [1.54, 1.807) is 6.08 Å². The SMILES string of the molecule is CC(=O)/C=C/c1cn2c(Br)cccc2n1. The van der Waals surface area contributed by atoms with Crippen molar-refractivity contribution in [2.45, 2.75) is 6.92 Å². The lowest BCUT2D eigenvalue weighted by molar-refractivity contribution is -0.112. The fourth-order valence-electron chi connectivity index (χ4n) is 1.28. The quantitative estimate of drug-likeness (QED) is 0.618. The van der Waals surface area contributed by atoms with Gasteiger partial charge in [-0.05, 0) is 47.1 Å². The second kappa shape index (κ2) is 3.98. The topological polar surface area (TPSA) is 34.4 Å². The molecule has 2 heterocycles. The Morgan fingerprint density at radius 2 is 2.33 bits per heavy atom. The van der Waals surface area contributed by atoms with E-state index in [1.165, 1.54) is 13.0 Å². The van der Waals surface area contributed by atoms with Crippen molar-refractivity contribution < 1.29 is 4.79 Å². The smallest absolute Gasteiger partial charge is 0.152 e. The summed E-state index contributed by atoms with van der Waals surface area (Å²) in [5.74, 6) is 0.0196. The van der Waals surface area contributed by atoms with Crippen LogP contribution in [0.15, 0.2) is 35.1 Å². The molecule has 0 aliphatic heterocycles. The van der Waals surface area contributed by atoms with Gasteiger partial charge in [-0.2, -0.15) is 0 Å². The van der Waals surface area contributed by atoms with Gasteiger partial charge in [-0.15, -0.1) is 0 Å².